The Kier molecular flexibility index (Phi) is 2.71. The van der Waals surface area contributed by atoms with E-state index in [9.17, 15) is 13.6 Å². The zero-order valence-corrected chi connectivity index (χ0v) is 7.90. The van der Waals surface area contributed by atoms with E-state index in [-0.39, 0.29) is 18.6 Å². The van der Waals surface area contributed by atoms with E-state index in [1.165, 1.54) is 6.92 Å². The Hall–Kier alpha value is -0.510. The van der Waals surface area contributed by atoms with E-state index in [2.05, 4.69) is 0 Å². The summed E-state index contributed by atoms with van der Waals surface area (Å²) in [4.78, 5) is 11.2. The minimum Gasteiger partial charge on any atom is -0.361 e. The molecule has 1 rings (SSSR count). The molecule has 1 heterocycles. The van der Waals surface area contributed by atoms with Crippen molar-refractivity contribution < 1.29 is 18.3 Å². The van der Waals surface area contributed by atoms with Crippen molar-refractivity contribution in [2.24, 2.45) is 0 Å². The molecule has 0 aromatic rings. The summed E-state index contributed by atoms with van der Waals surface area (Å²) in [7, 11) is 0. The first-order valence-electron chi connectivity index (χ1n) is 4.45. The van der Waals surface area contributed by atoms with Gasteiger partial charge in [0.2, 0.25) is 0 Å². The molecule has 0 bridgehead atoms. The first kappa shape index (κ1) is 10.6. The van der Waals surface area contributed by atoms with Crippen LogP contribution in [0.4, 0.5) is 8.78 Å². The number of ether oxygens (including phenoxy) is 1. The van der Waals surface area contributed by atoms with Crippen LogP contribution in [-0.2, 0) is 9.53 Å². The molecule has 0 unspecified atom stereocenters. The molecule has 76 valence electrons. The van der Waals surface area contributed by atoms with E-state index < -0.39 is 18.1 Å². The first-order chi connectivity index (χ1) is 5.92. The van der Waals surface area contributed by atoms with Crippen LogP contribution in [0.1, 0.15) is 33.1 Å². The molecule has 1 saturated heterocycles. The van der Waals surface area contributed by atoms with Crippen LogP contribution < -0.4 is 0 Å². The highest BCUT2D eigenvalue weighted by atomic mass is 19.3. The summed E-state index contributed by atoms with van der Waals surface area (Å²) in [6.45, 7) is 2.55. The second-order valence-corrected chi connectivity index (χ2v) is 3.55. The third-order valence-electron chi connectivity index (χ3n) is 2.67. The van der Waals surface area contributed by atoms with Gasteiger partial charge in [0.15, 0.2) is 5.78 Å². The Labute approximate surface area is 76.3 Å². The summed E-state index contributed by atoms with van der Waals surface area (Å²) in [5, 5.41) is 0. The van der Waals surface area contributed by atoms with Gasteiger partial charge in [-0.1, -0.05) is 6.92 Å². The highest BCUT2D eigenvalue weighted by molar-refractivity contribution is 5.85. The molecule has 1 atom stereocenters. The molecule has 0 aromatic heterocycles. The molecule has 0 saturated carbocycles. The fourth-order valence-electron chi connectivity index (χ4n) is 1.58. The number of rotatable bonds is 2. The molecule has 0 N–H and O–H groups in total. The number of ketones is 1. The summed E-state index contributed by atoms with van der Waals surface area (Å²) in [5.74, 6) is -2.90. The van der Waals surface area contributed by atoms with Gasteiger partial charge in [0, 0.05) is 6.42 Å². The number of carbonyl (C=O) groups is 1. The van der Waals surface area contributed by atoms with E-state index >= 15 is 0 Å². The van der Waals surface area contributed by atoms with Crippen molar-refractivity contribution in [1.29, 1.82) is 0 Å². The maximum absolute atomic E-state index is 12.7. The molecule has 0 aliphatic carbocycles. The predicted octanol–water partition coefficient (Wildman–Crippen LogP) is 2.17. The average Bonchev–Trinajstić information content (AvgIpc) is 2.05. The van der Waals surface area contributed by atoms with E-state index in [0.29, 0.717) is 6.42 Å². The molecule has 0 amide bonds. The van der Waals surface area contributed by atoms with Crippen molar-refractivity contribution in [1.82, 2.24) is 0 Å². The first-order valence-corrected chi connectivity index (χ1v) is 4.45. The highest BCUT2D eigenvalue weighted by Crippen LogP contribution is 2.36. The maximum atomic E-state index is 12.7. The molecule has 13 heavy (non-hydrogen) atoms. The maximum Gasteiger partial charge on any atom is 0.271 e. The third kappa shape index (κ3) is 2.05. The van der Waals surface area contributed by atoms with Gasteiger partial charge in [0.05, 0.1) is 0 Å². The number of hydrogen-bond donors (Lipinski definition) is 0. The van der Waals surface area contributed by atoms with Crippen molar-refractivity contribution in [3.63, 3.8) is 0 Å². The van der Waals surface area contributed by atoms with Crippen LogP contribution in [-0.4, -0.2) is 23.9 Å². The molecular formula is C9H14F2O2. The quantitative estimate of drug-likeness (QED) is 0.670. The van der Waals surface area contributed by atoms with Gasteiger partial charge in [-0.2, -0.15) is 0 Å². The van der Waals surface area contributed by atoms with Crippen molar-refractivity contribution in [2.45, 2.75) is 44.6 Å². The van der Waals surface area contributed by atoms with Crippen LogP contribution in [0.2, 0.25) is 0 Å². The monoisotopic (exact) mass is 192 g/mol. The van der Waals surface area contributed by atoms with Gasteiger partial charge in [-0.05, 0) is 19.8 Å². The van der Waals surface area contributed by atoms with Gasteiger partial charge < -0.3 is 4.74 Å². The fourth-order valence-corrected chi connectivity index (χ4v) is 1.58. The number of hydrogen-bond acceptors (Lipinski definition) is 2. The van der Waals surface area contributed by atoms with E-state index in [1.54, 1.807) is 6.92 Å². The summed E-state index contributed by atoms with van der Waals surface area (Å²) >= 11 is 0. The van der Waals surface area contributed by atoms with Gasteiger partial charge >= 0.3 is 0 Å². The third-order valence-corrected chi connectivity index (χ3v) is 2.67. The molecular weight excluding hydrogens is 178 g/mol. The lowest BCUT2D eigenvalue weighted by molar-refractivity contribution is -0.192. The van der Waals surface area contributed by atoms with Crippen LogP contribution in [0.25, 0.3) is 0 Å². The zero-order valence-electron chi connectivity index (χ0n) is 7.90. The Morgan fingerprint density at radius 3 is 2.38 bits per heavy atom. The molecule has 0 spiro atoms. The summed E-state index contributed by atoms with van der Waals surface area (Å²) < 4.78 is 30.4. The van der Waals surface area contributed by atoms with Gasteiger partial charge in [0.25, 0.3) is 5.92 Å². The van der Waals surface area contributed by atoms with Gasteiger partial charge in [-0.15, -0.1) is 0 Å². The predicted molar refractivity (Wildman–Crippen MR) is 43.8 cm³/mol. The Morgan fingerprint density at radius 1 is 1.46 bits per heavy atom. The number of Topliss-reactive ketones (excluding diaryl/α,β-unsaturated/α-hetero) is 1. The van der Waals surface area contributed by atoms with Gasteiger partial charge in [-0.25, -0.2) is 8.78 Å². The SMILES string of the molecule is CC[C@@]1(C(C)=O)CCC(F)(F)CO1. The number of halogens is 2. The molecule has 0 radical (unpaired) electrons. The second-order valence-electron chi connectivity index (χ2n) is 3.55. The van der Waals surface area contributed by atoms with E-state index in [0.717, 1.165) is 0 Å². The van der Waals surface area contributed by atoms with Crippen molar-refractivity contribution in [3.05, 3.63) is 0 Å². The standard InChI is InChI=1S/C9H14F2O2/c1-3-8(7(2)12)4-5-9(10,11)6-13-8/h3-6H2,1-2H3/t8-/m0/s1. The number of carbonyl (C=O) groups excluding carboxylic acids is 1. The Bertz CT molecular complexity index is 204. The second kappa shape index (κ2) is 3.33. The zero-order chi connectivity index (χ0) is 10.1. The van der Waals surface area contributed by atoms with Gasteiger partial charge in [0.1, 0.15) is 12.2 Å². The summed E-state index contributed by atoms with van der Waals surface area (Å²) in [5.41, 5.74) is -0.943. The molecule has 1 aliphatic rings. The minimum atomic E-state index is -2.76. The lowest BCUT2D eigenvalue weighted by Crippen LogP contribution is -2.48. The van der Waals surface area contributed by atoms with Crippen LogP contribution in [0, 0.1) is 0 Å². The lowest BCUT2D eigenvalue weighted by atomic mass is 9.87. The minimum absolute atomic E-state index is 0.131. The summed E-state index contributed by atoms with van der Waals surface area (Å²) in [6, 6.07) is 0. The summed E-state index contributed by atoms with van der Waals surface area (Å²) in [6.07, 6.45) is 0.352. The number of alkyl halides is 2. The van der Waals surface area contributed by atoms with E-state index in [1.807, 2.05) is 0 Å². The smallest absolute Gasteiger partial charge is 0.271 e. The van der Waals surface area contributed by atoms with Crippen molar-refractivity contribution in [3.8, 4) is 0 Å². The van der Waals surface area contributed by atoms with Crippen LogP contribution in [0.3, 0.4) is 0 Å². The van der Waals surface area contributed by atoms with E-state index in [4.69, 9.17) is 4.74 Å². The molecule has 0 aromatic carbocycles. The van der Waals surface area contributed by atoms with Crippen molar-refractivity contribution >= 4 is 5.78 Å². The average molecular weight is 192 g/mol. The highest BCUT2D eigenvalue weighted by Gasteiger charge is 2.46. The largest absolute Gasteiger partial charge is 0.361 e. The van der Waals surface area contributed by atoms with Crippen LogP contribution >= 0.6 is 0 Å². The Balaban J connectivity index is 2.69. The topological polar surface area (TPSA) is 26.3 Å². The lowest BCUT2D eigenvalue weighted by Gasteiger charge is -2.37. The van der Waals surface area contributed by atoms with Crippen LogP contribution in [0.15, 0.2) is 0 Å². The molecule has 2 nitrogen and oxygen atoms in total. The van der Waals surface area contributed by atoms with Crippen molar-refractivity contribution in [2.75, 3.05) is 6.61 Å². The normalized spacial score (nSPS) is 32.9. The van der Waals surface area contributed by atoms with Crippen LogP contribution in [0.5, 0.6) is 0 Å². The van der Waals surface area contributed by atoms with Gasteiger partial charge in [-0.3, -0.25) is 4.79 Å². The molecule has 1 fully saturated rings. The Morgan fingerprint density at radius 2 is 2.08 bits per heavy atom. The fraction of sp³-hybridized carbons (Fsp3) is 0.889. The molecule has 4 heteroatoms. The molecule has 1 aliphatic heterocycles.